The van der Waals surface area contributed by atoms with Crippen molar-refractivity contribution < 1.29 is 23.7 Å². The summed E-state index contributed by atoms with van der Waals surface area (Å²) in [5.74, 6) is 1.29. The summed E-state index contributed by atoms with van der Waals surface area (Å²) >= 11 is 0. The van der Waals surface area contributed by atoms with E-state index in [1.807, 2.05) is 41.5 Å². The van der Waals surface area contributed by atoms with E-state index in [9.17, 15) is 9.90 Å². The molecule has 0 bridgehead atoms. The Morgan fingerprint density at radius 2 is 1.43 bits per heavy atom. The van der Waals surface area contributed by atoms with Crippen LogP contribution in [-0.2, 0) is 0 Å². The van der Waals surface area contributed by atoms with Crippen molar-refractivity contribution in [3.05, 3.63) is 46.8 Å². The first-order valence-corrected chi connectivity index (χ1v) is 10.1. The molecular weight excluding hydrogens is 384 g/mol. The molecule has 0 unspecified atom stereocenters. The van der Waals surface area contributed by atoms with Crippen molar-refractivity contribution in [2.75, 3.05) is 0 Å². The summed E-state index contributed by atoms with van der Waals surface area (Å²) in [5.41, 5.74) is 0.938. The highest BCUT2D eigenvalue weighted by Gasteiger charge is 2.19. The monoisotopic (exact) mass is 412 g/mol. The average Bonchev–Trinajstić information content (AvgIpc) is 2.63. The molecule has 6 nitrogen and oxygen atoms in total. The van der Waals surface area contributed by atoms with Crippen LogP contribution in [0.15, 0.2) is 45.8 Å². The zero-order valence-corrected chi connectivity index (χ0v) is 18.2. The highest BCUT2D eigenvalue weighted by atomic mass is 16.5. The van der Waals surface area contributed by atoms with Crippen molar-refractivity contribution >= 4 is 11.0 Å². The summed E-state index contributed by atoms with van der Waals surface area (Å²) in [6, 6.07) is 8.20. The molecule has 0 aliphatic rings. The Balaban J connectivity index is 2.14. The lowest BCUT2D eigenvalue weighted by molar-refractivity contribution is 0.222. The first-order chi connectivity index (χ1) is 14.2. The van der Waals surface area contributed by atoms with Gasteiger partial charge in [0.25, 0.3) is 0 Å². The topological polar surface area (TPSA) is 78.1 Å². The molecule has 1 N–H and O–H groups in total. The van der Waals surface area contributed by atoms with Gasteiger partial charge in [-0.2, -0.15) is 0 Å². The van der Waals surface area contributed by atoms with Gasteiger partial charge < -0.3 is 23.7 Å². The standard InChI is InChI=1S/C24H28O6/c1-13(2)28-16-7-8-17-21(9-16)27-12-19(24(17)26)18-10-20(25)23(30-15(5)6)11-22(18)29-14(3)4/h7-15,25H,1-6H3. The maximum Gasteiger partial charge on any atom is 0.200 e. The van der Waals surface area contributed by atoms with E-state index in [2.05, 4.69) is 0 Å². The molecule has 0 aliphatic carbocycles. The van der Waals surface area contributed by atoms with Crippen molar-refractivity contribution in [1.82, 2.24) is 0 Å². The van der Waals surface area contributed by atoms with Gasteiger partial charge in [0.2, 0.25) is 5.43 Å². The van der Waals surface area contributed by atoms with Crippen molar-refractivity contribution in [2.45, 2.75) is 59.9 Å². The molecular formula is C24H28O6. The second-order valence-electron chi connectivity index (χ2n) is 7.95. The third-order valence-corrected chi connectivity index (χ3v) is 4.19. The van der Waals surface area contributed by atoms with Gasteiger partial charge in [0.15, 0.2) is 11.5 Å². The average molecular weight is 412 g/mol. The number of benzene rings is 2. The third kappa shape index (κ3) is 4.70. The van der Waals surface area contributed by atoms with Gasteiger partial charge in [-0.05, 0) is 59.7 Å². The summed E-state index contributed by atoms with van der Waals surface area (Å²) in [4.78, 5) is 13.2. The van der Waals surface area contributed by atoms with Crippen LogP contribution in [0.25, 0.3) is 22.1 Å². The fourth-order valence-electron chi connectivity index (χ4n) is 3.10. The molecule has 0 spiro atoms. The zero-order valence-electron chi connectivity index (χ0n) is 18.2. The van der Waals surface area contributed by atoms with E-state index >= 15 is 0 Å². The Hall–Kier alpha value is -3.15. The van der Waals surface area contributed by atoms with Crippen LogP contribution < -0.4 is 19.6 Å². The number of hydrogen-bond acceptors (Lipinski definition) is 6. The molecule has 30 heavy (non-hydrogen) atoms. The molecule has 0 aliphatic heterocycles. The van der Waals surface area contributed by atoms with Gasteiger partial charge in [-0.25, -0.2) is 0 Å². The van der Waals surface area contributed by atoms with Gasteiger partial charge in [-0.15, -0.1) is 0 Å². The van der Waals surface area contributed by atoms with Crippen LogP contribution in [-0.4, -0.2) is 23.4 Å². The molecule has 3 rings (SSSR count). The second kappa shape index (κ2) is 8.69. The van der Waals surface area contributed by atoms with Crippen LogP contribution >= 0.6 is 0 Å². The lowest BCUT2D eigenvalue weighted by atomic mass is 10.0. The summed E-state index contributed by atoms with van der Waals surface area (Å²) in [6.45, 7) is 11.4. The van der Waals surface area contributed by atoms with E-state index in [0.29, 0.717) is 39.3 Å². The van der Waals surface area contributed by atoms with E-state index < -0.39 is 0 Å². The maximum absolute atomic E-state index is 13.2. The molecule has 0 saturated carbocycles. The lowest BCUT2D eigenvalue weighted by Crippen LogP contribution is -2.11. The third-order valence-electron chi connectivity index (χ3n) is 4.19. The molecule has 0 fully saturated rings. The quantitative estimate of drug-likeness (QED) is 0.550. The number of aromatic hydroxyl groups is 1. The molecule has 160 valence electrons. The highest BCUT2D eigenvalue weighted by molar-refractivity contribution is 5.84. The van der Waals surface area contributed by atoms with Crippen LogP contribution in [0.2, 0.25) is 0 Å². The van der Waals surface area contributed by atoms with E-state index in [1.165, 1.54) is 12.3 Å². The first-order valence-electron chi connectivity index (χ1n) is 10.1. The minimum atomic E-state index is -0.224. The normalized spacial score (nSPS) is 11.5. The van der Waals surface area contributed by atoms with E-state index in [0.717, 1.165) is 0 Å². The van der Waals surface area contributed by atoms with Crippen molar-refractivity contribution in [2.24, 2.45) is 0 Å². The maximum atomic E-state index is 13.2. The van der Waals surface area contributed by atoms with E-state index in [-0.39, 0.29) is 29.5 Å². The highest BCUT2D eigenvalue weighted by Crippen LogP contribution is 2.40. The molecule has 1 heterocycles. The molecule has 2 aromatic carbocycles. The minimum Gasteiger partial charge on any atom is -0.504 e. The predicted octanol–water partition coefficient (Wildman–Crippen LogP) is 5.53. The van der Waals surface area contributed by atoms with Crippen LogP contribution in [0, 0.1) is 0 Å². The summed E-state index contributed by atoms with van der Waals surface area (Å²) < 4.78 is 23.0. The van der Waals surface area contributed by atoms with Crippen LogP contribution in [0.3, 0.4) is 0 Å². The number of rotatable bonds is 7. The van der Waals surface area contributed by atoms with Gasteiger partial charge in [0, 0.05) is 17.7 Å². The van der Waals surface area contributed by atoms with Crippen molar-refractivity contribution in [1.29, 1.82) is 0 Å². The molecule has 0 atom stereocenters. The number of phenolic OH excluding ortho intramolecular Hbond substituents is 1. The lowest BCUT2D eigenvalue weighted by Gasteiger charge is -2.18. The van der Waals surface area contributed by atoms with Gasteiger partial charge in [0.05, 0.1) is 29.3 Å². The fraction of sp³-hybridized carbons (Fsp3) is 0.375. The molecule has 6 heteroatoms. The smallest absolute Gasteiger partial charge is 0.200 e. The molecule has 1 aromatic heterocycles. The van der Waals surface area contributed by atoms with Gasteiger partial charge >= 0.3 is 0 Å². The first kappa shape index (κ1) is 21.6. The van der Waals surface area contributed by atoms with Crippen molar-refractivity contribution in [3.63, 3.8) is 0 Å². The number of phenols is 1. The summed E-state index contributed by atoms with van der Waals surface area (Å²) in [7, 11) is 0. The van der Waals surface area contributed by atoms with Crippen LogP contribution in [0.1, 0.15) is 41.5 Å². The largest absolute Gasteiger partial charge is 0.504 e. The fourth-order valence-corrected chi connectivity index (χ4v) is 3.10. The Kier molecular flexibility index (Phi) is 6.25. The number of hydrogen-bond donors (Lipinski definition) is 1. The Labute approximate surface area is 176 Å². The summed E-state index contributed by atoms with van der Waals surface area (Å²) in [5, 5.41) is 10.9. The Morgan fingerprint density at radius 1 is 0.800 bits per heavy atom. The van der Waals surface area contributed by atoms with E-state index in [4.69, 9.17) is 18.6 Å². The van der Waals surface area contributed by atoms with E-state index in [1.54, 1.807) is 24.3 Å². The Bertz CT molecular complexity index is 1090. The SMILES string of the molecule is CC(C)Oc1ccc2c(=O)c(-c3cc(O)c(OC(C)C)cc3OC(C)C)coc2c1. The van der Waals surface area contributed by atoms with Crippen LogP contribution in [0.5, 0.6) is 23.0 Å². The molecule has 3 aromatic rings. The van der Waals surface area contributed by atoms with Gasteiger partial charge in [0.1, 0.15) is 23.3 Å². The van der Waals surface area contributed by atoms with Crippen molar-refractivity contribution in [3.8, 4) is 34.1 Å². The minimum absolute atomic E-state index is 0.0127. The van der Waals surface area contributed by atoms with Crippen LogP contribution in [0.4, 0.5) is 0 Å². The number of ether oxygens (including phenoxy) is 3. The van der Waals surface area contributed by atoms with Gasteiger partial charge in [-0.1, -0.05) is 0 Å². The Morgan fingerprint density at radius 3 is 2.07 bits per heavy atom. The predicted molar refractivity (Wildman–Crippen MR) is 117 cm³/mol. The van der Waals surface area contributed by atoms with Gasteiger partial charge in [-0.3, -0.25) is 4.79 Å². The molecule has 0 amide bonds. The molecule has 0 radical (unpaired) electrons. The zero-order chi connectivity index (χ0) is 22.0. The molecule has 0 saturated heterocycles. The summed E-state index contributed by atoms with van der Waals surface area (Å²) in [6.07, 6.45) is 1.14. The number of fused-ring (bicyclic) bond motifs is 1. The second-order valence-corrected chi connectivity index (χ2v) is 7.95.